The van der Waals surface area contributed by atoms with Crippen LogP contribution in [0.25, 0.3) is 16.7 Å². The van der Waals surface area contributed by atoms with E-state index >= 15 is 0 Å². The zero-order valence-electron chi connectivity index (χ0n) is 15.0. The Hall–Kier alpha value is -2.29. The van der Waals surface area contributed by atoms with Gasteiger partial charge in [-0.2, -0.15) is 0 Å². The molecule has 1 aliphatic carbocycles. The lowest BCUT2D eigenvalue weighted by atomic mass is 9.95. The van der Waals surface area contributed by atoms with Crippen molar-refractivity contribution in [1.29, 1.82) is 0 Å². The first kappa shape index (κ1) is 15.3. The third-order valence-electron chi connectivity index (χ3n) is 5.34. The molecule has 0 atom stereocenters. The molecule has 3 aromatic rings. The second-order valence-corrected chi connectivity index (χ2v) is 7.25. The van der Waals surface area contributed by atoms with E-state index in [9.17, 15) is 0 Å². The van der Waals surface area contributed by atoms with E-state index in [4.69, 9.17) is 10.7 Å². The third kappa shape index (κ3) is 2.15. The summed E-state index contributed by atoms with van der Waals surface area (Å²) in [7, 11) is 0. The van der Waals surface area contributed by atoms with E-state index in [0.717, 1.165) is 29.9 Å². The Kier molecular flexibility index (Phi) is 3.41. The highest BCUT2D eigenvalue weighted by Crippen LogP contribution is 2.37. The largest absolute Gasteiger partial charge is 0.397 e. The van der Waals surface area contributed by atoms with Crippen LogP contribution in [0, 0.1) is 27.7 Å². The number of benzene rings is 1. The Morgan fingerprint density at radius 2 is 1.62 bits per heavy atom. The molecule has 2 heterocycles. The predicted molar refractivity (Wildman–Crippen MR) is 101 cm³/mol. The molecule has 1 aromatic carbocycles. The van der Waals surface area contributed by atoms with E-state index in [-0.39, 0.29) is 0 Å². The van der Waals surface area contributed by atoms with Crippen LogP contribution in [0.3, 0.4) is 0 Å². The lowest BCUT2D eigenvalue weighted by Gasteiger charge is -2.19. The highest BCUT2D eigenvalue weighted by atomic mass is 15.1. The minimum absolute atomic E-state index is 0.797. The van der Waals surface area contributed by atoms with E-state index < -0.39 is 0 Å². The van der Waals surface area contributed by atoms with Gasteiger partial charge in [0.05, 0.1) is 17.1 Å². The van der Waals surface area contributed by atoms with Gasteiger partial charge in [-0.15, -0.1) is 0 Å². The van der Waals surface area contributed by atoms with Crippen molar-refractivity contribution in [3.05, 3.63) is 51.8 Å². The predicted octanol–water partition coefficient (Wildman–Crippen LogP) is 4.72. The maximum atomic E-state index is 6.17. The molecule has 0 unspecified atom stereocenters. The number of nitrogens with two attached hydrogens (primary N) is 1. The lowest BCUT2D eigenvalue weighted by Crippen LogP contribution is -2.10. The normalized spacial score (nSPS) is 14.2. The number of anilines is 1. The summed E-state index contributed by atoms with van der Waals surface area (Å²) in [6.45, 7) is 8.58. The molecule has 24 heavy (non-hydrogen) atoms. The van der Waals surface area contributed by atoms with Gasteiger partial charge in [-0.3, -0.25) is 4.57 Å². The first-order valence-electron chi connectivity index (χ1n) is 8.85. The highest BCUT2D eigenvalue weighted by Gasteiger charge is 2.24. The Morgan fingerprint density at radius 3 is 2.33 bits per heavy atom. The zero-order chi connectivity index (χ0) is 17.0. The van der Waals surface area contributed by atoms with Crippen molar-refractivity contribution >= 4 is 16.7 Å². The fourth-order valence-electron chi connectivity index (χ4n) is 4.32. The molecule has 0 saturated carbocycles. The number of hydrogen-bond donors (Lipinski definition) is 1. The number of pyridine rings is 1. The molecular formula is C21H25N3. The van der Waals surface area contributed by atoms with E-state index in [2.05, 4.69) is 43.5 Å². The van der Waals surface area contributed by atoms with Gasteiger partial charge in [0, 0.05) is 11.1 Å². The Morgan fingerprint density at radius 1 is 0.958 bits per heavy atom. The van der Waals surface area contributed by atoms with Crippen LogP contribution in [0.1, 0.15) is 46.5 Å². The quantitative estimate of drug-likeness (QED) is 0.705. The van der Waals surface area contributed by atoms with Gasteiger partial charge < -0.3 is 5.73 Å². The smallest absolute Gasteiger partial charge is 0.145 e. The van der Waals surface area contributed by atoms with Crippen molar-refractivity contribution in [2.45, 2.75) is 53.4 Å². The van der Waals surface area contributed by atoms with Crippen molar-refractivity contribution < 1.29 is 0 Å². The molecule has 0 amide bonds. The second-order valence-electron chi connectivity index (χ2n) is 7.25. The van der Waals surface area contributed by atoms with Crippen molar-refractivity contribution in [2.75, 3.05) is 5.73 Å². The number of rotatable bonds is 1. The SMILES string of the molecule is Cc1cc(C)c(-n2c3c(c4cc(N)c(C)nc42)CCCC3)c(C)c1. The molecule has 2 aromatic heterocycles. The van der Waals surface area contributed by atoms with Gasteiger partial charge in [0.1, 0.15) is 5.65 Å². The van der Waals surface area contributed by atoms with Crippen LogP contribution in [0.4, 0.5) is 5.69 Å². The average molecular weight is 319 g/mol. The molecule has 0 saturated heterocycles. The molecule has 2 N–H and O–H groups in total. The fraction of sp³-hybridized carbons (Fsp3) is 0.381. The number of nitrogen functional groups attached to an aromatic ring is 1. The van der Waals surface area contributed by atoms with Gasteiger partial charge in [0.2, 0.25) is 0 Å². The topological polar surface area (TPSA) is 43.8 Å². The third-order valence-corrected chi connectivity index (χ3v) is 5.34. The fourth-order valence-corrected chi connectivity index (χ4v) is 4.32. The number of nitrogens with zero attached hydrogens (tertiary/aromatic N) is 2. The van der Waals surface area contributed by atoms with Crippen LogP contribution in [-0.2, 0) is 12.8 Å². The minimum Gasteiger partial charge on any atom is -0.397 e. The average Bonchev–Trinajstić information content (AvgIpc) is 2.81. The van der Waals surface area contributed by atoms with Crippen molar-refractivity contribution in [2.24, 2.45) is 0 Å². The summed E-state index contributed by atoms with van der Waals surface area (Å²) in [4.78, 5) is 4.90. The summed E-state index contributed by atoms with van der Waals surface area (Å²) in [6.07, 6.45) is 4.76. The first-order chi connectivity index (χ1) is 11.5. The summed E-state index contributed by atoms with van der Waals surface area (Å²) in [6, 6.07) is 6.68. The Balaban J connectivity index is 2.14. The van der Waals surface area contributed by atoms with Gasteiger partial charge in [-0.05, 0) is 76.1 Å². The van der Waals surface area contributed by atoms with Crippen LogP contribution in [0.15, 0.2) is 18.2 Å². The molecule has 0 aliphatic heterocycles. The van der Waals surface area contributed by atoms with Gasteiger partial charge >= 0.3 is 0 Å². The monoisotopic (exact) mass is 319 g/mol. The molecule has 0 fully saturated rings. The van der Waals surface area contributed by atoms with Gasteiger partial charge in [-0.25, -0.2) is 4.98 Å². The second kappa shape index (κ2) is 5.37. The van der Waals surface area contributed by atoms with E-state index in [1.54, 1.807) is 0 Å². The standard InChI is InChI=1S/C21H25N3/c1-12-9-13(2)20(14(3)10-12)24-19-8-6-5-7-16(19)17-11-18(22)15(4)23-21(17)24/h9-11H,5-8,22H2,1-4H3. The van der Waals surface area contributed by atoms with E-state index in [0.29, 0.717) is 0 Å². The number of aromatic nitrogens is 2. The molecular weight excluding hydrogens is 294 g/mol. The number of hydrogen-bond acceptors (Lipinski definition) is 2. The van der Waals surface area contributed by atoms with E-state index in [1.807, 2.05) is 6.92 Å². The van der Waals surface area contributed by atoms with Crippen molar-refractivity contribution in [3.8, 4) is 5.69 Å². The summed E-state index contributed by atoms with van der Waals surface area (Å²) < 4.78 is 2.42. The van der Waals surface area contributed by atoms with Crippen LogP contribution in [0.5, 0.6) is 0 Å². The van der Waals surface area contributed by atoms with Crippen molar-refractivity contribution in [3.63, 3.8) is 0 Å². The first-order valence-corrected chi connectivity index (χ1v) is 8.85. The molecule has 0 radical (unpaired) electrons. The minimum atomic E-state index is 0.797. The molecule has 3 heteroatoms. The van der Waals surface area contributed by atoms with Gasteiger partial charge in [0.25, 0.3) is 0 Å². The van der Waals surface area contributed by atoms with Gasteiger partial charge in [-0.1, -0.05) is 17.7 Å². The number of aryl methyl sites for hydroxylation is 5. The lowest BCUT2D eigenvalue weighted by molar-refractivity contribution is 0.665. The highest BCUT2D eigenvalue weighted by molar-refractivity contribution is 5.88. The molecule has 124 valence electrons. The summed E-state index contributed by atoms with van der Waals surface area (Å²) in [5.41, 5.74) is 17.1. The van der Waals surface area contributed by atoms with Crippen LogP contribution in [0.2, 0.25) is 0 Å². The molecule has 1 aliphatic rings. The Bertz CT molecular complexity index is 940. The zero-order valence-corrected chi connectivity index (χ0v) is 15.0. The summed E-state index contributed by atoms with van der Waals surface area (Å²) in [5, 5.41) is 1.24. The molecule has 3 nitrogen and oxygen atoms in total. The molecule has 0 bridgehead atoms. The maximum absolute atomic E-state index is 6.17. The molecule has 0 spiro atoms. The van der Waals surface area contributed by atoms with Crippen molar-refractivity contribution in [1.82, 2.24) is 9.55 Å². The summed E-state index contributed by atoms with van der Waals surface area (Å²) in [5.74, 6) is 0. The summed E-state index contributed by atoms with van der Waals surface area (Å²) >= 11 is 0. The Labute approximate surface area is 143 Å². The van der Waals surface area contributed by atoms with Gasteiger partial charge in [0.15, 0.2) is 0 Å². The maximum Gasteiger partial charge on any atom is 0.145 e. The molecule has 4 rings (SSSR count). The number of fused-ring (bicyclic) bond motifs is 3. The van der Waals surface area contributed by atoms with Crippen LogP contribution >= 0.6 is 0 Å². The van der Waals surface area contributed by atoms with Crippen LogP contribution < -0.4 is 5.73 Å². The van der Waals surface area contributed by atoms with E-state index in [1.165, 1.54) is 51.9 Å². The van der Waals surface area contributed by atoms with Crippen LogP contribution in [-0.4, -0.2) is 9.55 Å².